The summed E-state index contributed by atoms with van der Waals surface area (Å²) >= 11 is 0. The van der Waals surface area contributed by atoms with Crippen LogP contribution in [0.25, 0.3) is 55.3 Å². The molecule has 0 saturated carbocycles. The van der Waals surface area contributed by atoms with E-state index in [0.717, 1.165) is 0 Å². The van der Waals surface area contributed by atoms with Crippen LogP contribution in [0.2, 0.25) is 0 Å². The molecule has 0 aliphatic heterocycles. The molecule has 5 aromatic rings. The van der Waals surface area contributed by atoms with E-state index in [1.807, 2.05) is 0 Å². The maximum atomic E-state index is 2.38. The molecular weight excluding hydrogens is 372 g/mol. The minimum absolute atomic E-state index is 0.00921. The molecule has 0 aromatic heterocycles. The molecule has 31 heavy (non-hydrogen) atoms. The van der Waals surface area contributed by atoms with Gasteiger partial charge in [0.05, 0.1) is 0 Å². The van der Waals surface area contributed by atoms with Crippen molar-refractivity contribution in [3.63, 3.8) is 0 Å². The second-order valence-corrected chi connectivity index (χ2v) is 9.37. The van der Waals surface area contributed by atoms with Crippen molar-refractivity contribution in [2.75, 3.05) is 0 Å². The fourth-order valence-electron chi connectivity index (χ4n) is 5.91. The second kappa shape index (κ2) is 5.74. The predicted molar refractivity (Wildman–Crippen MR) is 131 cm³/mol. The summed E-state index contributed by atoms with van der Waals surface area (Å²) < 4.78 is 0. The molecule has 7 rings (SSSR count). The van der Waals surface area contributed by atoms with E-state index in [-0.39, 0.29) is 5.41 Å². The van der Waals surface area contributed by atoms with Gasteiger partial charge in [0.1, 0.15) is 0 Å². The Bertz CT molecular complexity index is 1530. The molecule has 0 radical (unpaired) electrons. The van der Waals surface area contributed by atoms with Gasteiger partial charge in [0.15, 0.2) is 0 Å². The highest BCUT2D eigenvalue weighted by Gasteiger charge is 2.35. The molecule has 2 aliphatic carbocycles. The normalized spacial score (nSPS) is 14.4. The standard InChI is InChI=1S/C31H22/c1-31(2)27-11-7-6-10-22(27)24-15-14-23-21-13-12-20(19-8-4-3-5-9-19)18-26(21)25-16-17-28(31)30(24)29(23)25/h3-18H,1-2H3. The third-order valence-corrected chi connectivity index (χ3v) is 7.43. The van der Waals surface area contributed by atoms with Crippen molar-refractivity contribution < 1.29 is 0 Å². The lowest BCUT2D eigenvalue weighted by Gasteiger charge is -2.35. The van der Waals surface area contributed by atoms with Crippen LogP contribution >= 0.6 is 0 Å². The Kier molecular flexibility index (Phi) is 3.16. The molecule has 0 spiro atoms. The zero-order valence-corrected chi connectivity index (χ0v) is 17.7. The Hall–Kier alpha value is -3.64. The maximum absolute atomic E-state index is 2.38. The molecule has 0 unspecified atom stereocenters. The average molecular weight is 395 g/mol. The largest absolute Gasteiger partial charge is 0.0622 e. The lowest BCUT2D eigenvalue weighted by Crippen LogP contribution is -2.23. The summed E-state index contributed by atoms with van der Waals surface area (Å²) in [4.78, 5) is 0. The van der Waals surface area contributed by atoms with Gasteiger partial charge in [-0.2, -0.15) is 0 Å². The molecule has 0 saturated heterocycles. The van der Waals surface area contributed by atoms with Crippen LogP contribution in [0.4, 0.5) is 0 Å². The summed E-state index contributed by atoms with van der Waals surface area (Å²) in [5.74, 6) is 0. The van der Waals surface area contributed by atoms with Gasteiger partial charge in [-0.25, -0.2) is 0 Å². The topological polar surface area (TPSA) is 0 Å². The van der Waals surface area contributed by atoms with Crippen LogP contribution in [-0.4, -0.2) is 0 Å². The first-order valence-electron chi connectivity index (χ1n) is 11.0. The van der Waals surface area contributed by atoms with Gasteiger partial charge in [0.2, 0.25) is 0 Å². The van der Waals surface area contributed by atoms with Crippen molar-refractivity contribution in [2.24, 2.45) is 0 Å². The van der Waals surface area contributed by atoms with E-state index in [0.29, 0.717) is 0 Å². The van der Waals surface area contributed by atoms with Crippen molar-refractivity contribution in [3.05, 3.63) is 108 Å². The Morgan fingerprint density at radius 1 is 0.419 bits per heavy atom. The summed E-state index contributed by atoms with van der Waals surface area (Å²) in [6, 6.07) is 36.0. The molecule has 0 atom stereocenters. The van der Waals surface area contributed by atoms with Crippen LogP contribution in [0.3, 0.4) is 0 Å². The second-order valence-electron chi connectivity index (χ2n) is 9.37. The Labute approximate surface area is 182 Å². The molecule has 0 fully saturated rings. The van der Waals surface area contributed by atoms with Gasteiger partial charge < -0.3 is 0 Å². The SMILES string of the molecule is CC1(C)c2ccccc2-c2ccc3c4c(ccc1c24)-c1cc(-c2ccccc2)ccc1-3. The van der Waals surface area contributed by atoms with E-state index in [1.165, 1.54) is 66.4 Å². The Morgan fingerprint density at radius 3 is 1.90 bits per heavy atom. The zero-order valence-electron chi connectivity index (χ0n) is 17.7. The van der Waals surface area contributed by atoms with Crippen LogP contribution in [0.5, 0.6) is 0 Å². The van der Waals surface area contributed by atoms with Crippen LogP contribution in [0, 0.1) is 0 Å². The van der Waals surface area contributed by atoms with E-state index < -0.39 is 0 Å². The van der Waals surface area contributed by atoms with Crippen LogP contribution < -0.4 is 0 Å². The number of hydrogen-bond acceptors (Lipinski definition) is 0. The molecule has 0 amide bonds. The first kappa shape index (κ1) is 17.1. The zero-order chi connectivity index (χ0) is 20.7. The highest BCUT2D eigenvalue weighted by molar-refractivity contribution is 6.21. The van der Waals surface area contributed by atoms with Gasteiger partial charge >= 0.3 is 0 Å². The molecule has 0 N–H and O–H groups in total. The first-order chi connectivity index (χ1) is 15.1. The Balaban J connectivity index is 1.56. The van der Waals surface area contributed by atoms with E-state index in [4.69, 9.17) is 0 Å². The summed E-state index contributed by atoms with van der Waals surface area (Å²) in [6.45, 7) is 4.74. The van der Waals surface area contributed by atoms with Gasteiger partial charge in [0.25, 0.3) is 0 Å². The predicted octanol–water partition coefficient (Wildman–Crippen LogP) is 8.46. The average Bonchev–Trinajstić information content (AvgIpc) is 3.14. The summed E-state index contributed by atoms with van der Waals surface area (Å²) in [7, 11) is 0. The molecule has 0 heterocycles. The van der Waals surface area contributed by atoms with Gasteiger partial charge in [-0.05, 0) is 72.5 Å². The van der Waals surface area contributed by atoms with Crippen LogP contribution in [0.1, 0.15) is 25.0 Å². The maximum Gasteiger partial charge on any atom is 0.0159 e. The van der Waals surface area contributed by atoms with Gasteiger partial charge in [-0.3, -0.25) is 0 Å². The number of hydrogen-bond donors (Lipinski definition) is 0. The van der Waals surface area contributed by atoms with Crippen molar-refractivity contribution in [2.45, 2.75) is 19.3 Å². The minimum Gasteiger partial charge on any atom is -0.0622 e. The molecule has 0 nitrogen and oxygen atoms in total. The molecule has 146 valence electrons. The fourth-order valence-corrected chi connectivity index (χ4v) is 5.91. The van der Waals surface area contributed by atoms with Gasteiger partial charge in [-0.1, -0.05) is 105 Å². The quantitative estimate of drug-likeness (QED) is 0.262. The van der Waals surface area contributed by atoms with E-state index in [2.05, 4.69) is 111 Å². The van der Waals surface area contributed by atoms with Crippen molar-refractivity contribution in [1.82, 2.24) is 0 Å². The van der Waals surface area contributed by atoms with E-state index in [9.17, 15) is 0 Å². The molecule has 2 aliphatic rings. The molecule has 5 aromatic carbocycles. The molecule has 0 bridgehead atoms. The van der Waals surface area contributed by atoms with Crippen LogP contribution in [-0.2, 0) is 5.41 Å². The minimum atomic E-state index is -0.00921. The summed E-state index contributed by atoms with van der Waals surface area (Å²) in [5, 5.41) is 2.87. The van der Waals surface area contributed by atoms with Gasteiger partial charge in [-0.15, -0.1) is 0 Å². The van der Waals surface area contributed by atoms with E-state index in [1.54, 1.807) is 0 Å². The van der Waals surface area contributed by atoms with E-state index >= 15 is 0 Å². The van der Waals surface area contributed by atoms with Crippen LogP contribution in [0.15, 0.2) is 97.1 Å². The summed E-state index contributed by atoms with van der Waals surface area (Å²) in [5.41, 5.74) is 13.6. The smallest absolute Gasteiger partial charge is 0.0159 e. The highest BCUT2D eigenvalue weighted by atomic mass is 14.4. The number of fused-ring (bicyclic) bond motifs is 5. The Morgan fingerprint density at radius 2 is 1.06 bits per heavy atom. The van der Waals surface area contributed by atoms with Crippen molar-refractivity contribution >= 4 is 10.8 Å². The first-order valence-corrected chi connectivity index (χ1v) is 11.0. The fraction of sp³-hybridized carbons (Fsp3) is 0.0968. The lowest BCUT2D eigenvalue weighted by molar-refractivity contribution is 0.645. The van der Waals surface area contributed by atoms with Gasteiger partial charge in [0, 0.05) is 5.41 Å². The lowest BCUT2D eigenvalue weighted by atomic mass is 9.68. The third kappa shape index (κ3) is 2.10. The number of benzene rings is 5. The summed E-state index contributed by atoms with van der Waals surface area (Å²) in [6.07, 6.45) is 0. The van der Waals surface area contributed by atoms with Crippen molar-refractivity contribution in [3.8, 4) is 44.5 Å². The highest BCUT2D eigenvalue weighted by Crippen LogP contribution is 2.56. The number of rotatable bonds is 1. The molecule has 0 heteroatoms. The van der Waals surface area contributed by atoms with Crippen molar-refractivity contribution in [1.29, 1.82) is 0 Å². The molecular formula is C31H22. The monoisotopic (exact) mass is 394 g/mol. The third-order valence-electron chi connectivity index (χ3n) is 7.43.